The van der Waals surface area contributed by atoms with E-state index in [1.54, 1.807) is 42.5 Å². The Labute approximate surface area is 170 Å². The number of esters is 1. The van der Waals surface area contributed by atoms with Crippen LogP contribution >= 0.6 is 0 Å². The third-order valence-electron chi connectivity index (χ3n) is 3.96. The number of rotatable bonds is 9. The van der Waals surface area contributed by atoms with Crippen molar-refractivity contribution in [2.45, 2.75) is 26.9 Å². The topological polar surface area (TPSA) is 83.1 Å². The second-order valence-electron chi connectivity index (χ2n) is 6.84. The maximum Gasteiger partial charge on any atom is 0.339 e. The maximum absolute atomic E-state index is 12.4. The summed E-state index contributed by atoms with van der Waals surface area (Å²) in [6.45, 7) is 6.13. The first kappa shape index (κ1) is 22.1. The summed E-state index contributed by atoms with van der Waals surface area (Å²) in [5.41, 5.74) is 0.816. The highest BCUT2D eigenvalue weighted by molar-refractivity contribution is 5.97. The fourth-order valence-electron chi connectivity index (χ4n) is 2.42. The lowest BCUT2D eigenvalue weighted by atomic mass is 10.2. The molecule has 0 heterocycles. The average molecular weight is 401 g/mol. The third-order valence-corrected chi connectivity index (χ3v) is 3.96. The Morgan fingerprint density at radius 1 is 0.966 bits per heavy atom. The van der Waals surface area contributed by atoms with Gasteiger partial charge in [-0.1, -0.05) is 19.9 Å². The molecular weight excluding hydrogens is 374 g/mol. The lowest BCUT2D eigenvalue weighted by Gasteiger charge is -2.15. The quantitative estimate of drug-likeness (QED) is 0.641. The monoisotopic (exact) mass is 401 g/mol. The van der Waals surface area contributed by atoms with Gasteiger partial charge in [-0.2, -0.15) is 0 Å². The van der Waals surface area contributed by atoms with Gasteiger partial charge in [-0.3, -0.25) is 4.79 Å². The molecule has 0 radical (unpaired) electrons. The zero-order valence-corrected chi connectivity index (χ0v) is 17.4. The molecule has 0 bridgehead atoms. The Bertz CT molecular complexity index is 849. The van der Waals surface area contributed by atoms with Crippen molar-refractivity contribution < 1.29 is 28.5 Å². The standard InChI is InChI=1S/C22H27NO6/c1-14(2)13-28-18-8-6-7-16(11-18)22(25)29-15(3)21(24)23-17-9-10-19(26-4)20(12-17)27-5/h6-12,14-15H,13H2,1-5H3,(H,23,24)/t15-/m0/s1. The molecule has 29 heavy (non-hydrogen) atoms. The molecule has 1 amide bonds. The summed E-state index contributed by atoms with van der Waals surface area (Å²) in [7, 11) is 3.04. The number of hydrogen-bond donors (Lipinski definition) is 1. The number of methoxy groups -OCH3 is 2. The molecule has 2 aromatic carbocycles. The van der Waals surface area contributed by atoms with E-state index >= 15 is 0 Å². The SMILES string of the molecule is COc1ccc(NC(=O)[C@H](C)OC(=O)c2cccc(OCC(C)C)c2)cc1OC. The van der Waals surface area contributed by atoms with Crippen LogP contribution in [0.4, 0.5) is 5.69 Å². The zero-order valence-electron chi connectivity index (χ0n) is 17.4. The van der Waals surface area contributed by atoms with Crippen LogP contribution in [0.2, 0.25) is 0 Å². The molecule has 2 aromatic rings. The van der Waals surface area contributed by atoms with Crippen molar-refractivity contribution in [2.24, 2.45) is 5.92 Å². The van der Waals surface area contributed by atoms with Crippen LogP contribution < -0.4 is 19.5 Å². The van der Waals surface area contributed by atoms with E-state index in [0.717, 1.165) is 0 Å². The van der Waals surface area contributed by atoms with Crippen LogP contribution in [-0.2, 0) is 9.53 Å². The van der Waals surface area contributed by atoms with Gasteiger partial charge in [0.05, 0.1) is 26.4 Å². The summed E-state index contributed by atoms with van der Waals surface area (Å²) in [6.07, 6.45) is -0.990. The minimum absolute atomic E-state index is 0.317. The molecule has 156 valence electrons. The number of benzene rings is 2. The van der Waals surface area contributed by atoms with Gasteiger partial charge in [0, 0.05) is 11.8 Å². The van der Waals surface area contributed by atoms with Crippen molar-refractivity contribution in [3.05, 3.63) is 48.0 Å². The highest BCUT2D eigenvalue weighted by Gasteiger charge is 2.20. The molecule has 0 aliphatic rings. The van der Waals surface area contributed by atoms with Crippen molar-refractivity contribution >= 4 is 17.6 Å². The zero-order chi connectivity index (χ0) is 21.4. The molecule has 7 nitrogen and oxygen atoms in total. The molecule has 0 aliphatic carbocycles. The summed E-state index contributed by atoms with van der Waals surface area (Å²) in [5, 5.41) is 2.69. The van der Waals surface area contributed by atoms with Crippen LogP contribution in [0.25, 0.3) is 0 Å². The molecule has 1 atom stereocenters. The molecule has 0 aromatic heterocycles. The van der Waals surface area contributed by atoms with Gasteiger partial charge in [-0.25, -0.2) is 4.79 Å². The van der Waals surface area contributed by atoms with E-state index in [4.69, 9.17) is 18.9 Å². The van der Waals surface area contributed by atoms with E-state index in [-0.39, 0.29) is 0 Å². The molecule has 0 saturated heterocycles. The van der Waals surface area contributed by atoms with Crippen LogP contribution in [0.3, 0.4) is 0 Å². The Hall–Kier alpha value is -3.22. The minimum atomic E-state index is -0.990. The van der Waals surface area contributed by atoms with Crippen molar-refractivity contribution in [3.63, 3.8) is 0 Å². The van der Waals surface area contributed by atoms with Crippen LogP contribution in [0, 0.1) is 5.92 Å². The second-order valence-corrected chi connectivity index (χ2v) is 6.84. The second kappa shape index (κ2) is 10.4. The smallest absolute Gasteiger partial charge is 0.339 e. The van der Waals surface area contributed by atoms with Crippen LogP contribution in [0.1, 0.15) is 31.1 Å². The molecule has 0 aliphatic heterocycles. The van der Waals surface area contributed by atoms with Gasteiger partial charge in [0.2, 0.25) is 0 Å². The summed E-state index contributed by atoms with van der Waals surface area (Å²) in [6, 6.07) is 11.7. The number of carbonyl (C=O) groups is 2. The lowest BCUT2D eigenvalue weighted by Crippen LogP contribution is -2.30. The van der Waals surface area contributed by atoms with E-state index in [1.165, 1.54) is 21.1 Å². The maximum atomic E-state index is 12.4. The first-order chi connectivity index (χ1) is 13.8. The Morgan fingerprint density at radius 3 is 2.34 bits per heavy atom. The molecular formula is C22H27NO6. The largest absolute Gasteiger partial charge is 0.493 e. The Kier molecular flexibility index (Phi) is 7.88. The first-order valence-corrected chi connectivity index (χ1v) is 9.30. The number of nitrogens with one attached hydrogen (secondary N) is 1. The Balaban J connectivity index is 1.98. The predicted octanol–water partition coefficient (Wildman–Crippen LogP) is 3.92. The minimum Gasteiger partial charge on any atom is -0.493 e. The van der Waals surface area contributed by atoms with Gasteiger partial charge < -0.3 is 24.3 Å². The van der Waals surface area contributed by atoms with Crippen LogP contribution in [0.15, 0.2) is 42.5 Å². The van der Waals surface area contributed by atoms with Crippen molar-refractivity contribution in [2.75, 3.05) is 26.1 Å². The number of carbonyl (C=O) groups excluding carboxylic acids is 2. The van der Waals surface area contributed by atoms with E-state index in [2.05, 4.69) is 5.32 Å². The highest BCUT2D eigenvalue weighted by atomic mass is 16.5. The van der Waals surface area contributed by atoms with Crippen molar-refractivity contribution in [1.82, 2.24) is 0 Å². The van der Waals surface area contributed by atoms with E-state index in [9.17, 15) is 9.59 Å². The van der Waals surface area contributed by atoms with E-state index in [1.807, 2.05) is 13.8 Å². The summed E-state index contributed by atoms with van der Waals surface area (Å²) in [5.74, 6) is 0.909. The molecule has 0 spiro atoms. The fourth-order valence-corrected chi connectivity index (χ4v) is 2.42. The van der Waals surface area contributed by atoms with Crippen LogP contribution in [-0.4, -0.2) is 38.8 Å². The normalized spacial score (nSPS) is 11.5. The predicted molar refractivity (Wildman–Crippen MR) is 110 cm³/mol. The summed E-state index contributed by atoms with van der Waals surface area (Å²) in [4.78, 5) is 24.8. The molecule has 2 rings (SSSR count). The number of hydrogen-bond acceptors (Lipinski definition) is 6. The third kappa shape index (κ3) is 6.41. The molecule has 1 N–H and O–H groups in total. The summed E-state index contributed by atoms with van der Waals surface area (Å²) < 4.78 is 21.3. The van der Waals surface area contributed by atoms with Crippen molar-refractivity contribution in [1.29, 1.82) is 0 Å². The average Bonchev–Trinajstić information content (AvgIpc) is 2.72. The van der Waals surface area contributed by atoms with Gasteiger partial charge in [0.15, 0.2) is 17.6 Å². The van der Waals surface area contributed by atoms with E-state index < -0.39 is 18.0 Å². The molecule has 0 saturated carbocycles. The van der Waals surface area contributed by atoms with Gasteiger partial charge in [0.1, 0.15) is 5.75 Å². The molecule has 7 heteroatoms. The summed E-state index contributed by atoms with van der Waals surface area (Å²) >= 11 is 0. The highest BCUT2D eigenvalue weighted by Crippen LogP contribution is 2.29. The van der Waals surface area contributed by atoms with E-state index in [0.29, 0.717) is 41.0 Å². The number of amides is 1. The number of anilines is 1. The van der Waals surface area contributed by atoms with Crippen molar-refractivity contribution in [3.8, 4) is 17.2 Å². The fraction of sp³-hybridized carbons (Fsp3) is 0.364. The van der Waals surface area contributed by atoms with Gasteiger partial charge in [-0.05, 0) is 43.2 Å². The van der Waals surface area contributed by atoms with Crippen LogP contribution in [0.5, 0.6) is 17.2 Å². The van der Waals surface area contributed by atoms with Gasteiger partial charge in [0.25, 0.3) is 5.91 Å². The number of ether oxygens (including phenoxy) is 4. The first-order valence-electron chi connectivity index (χ1n) is 9.30. The van der Waals surface area contributed by atoms with Gasteiger partial charge >= 0.3 is 5.97 Å². The van der Waals surface area contributed by atoms with Gasteiger partial charge in [-0.15, -0.1) is 0 Å². The lowest BCUT2D eigenvalue weighted by molar-refractivity contribution is -0.123. The molecule has 0 unspecified atom stereocenters. The molecule has 0 fully saturated rings. The Morgan fingerprint density at radius 2 is 1.69 bits per heavy atom.